The van der Waals surface area contributed by atoms with Gasteiger partial charge in [-0.3, -0.25) is 0 Å². The van der Waals surface area contributed by atoms with Gasteiger partial charge in [0.25, 0.3) is 0 Å². The summed E-state index contributed by atoms with van der Waals surface area (Å²) in [6.07, 6.45) is 0. The van der Waals surface area contributed by atoms with Crippen LogP contribution in [0.15, 0.2) is 180 Å². The van der Waals surface area contributed by atoms with Crippen molar-refractivity contribution in [2.24, 2.45) is 0 Å². The maximum atomic E-state index is 6.31. The Morgan fingerprint density at radius 1 is 0.333 bits per heavy atom. The average molecular weight is 612 g/mol. The Morgan fingerprint density at radius 3 is 1.85 bits per heavy atom. The molecule has 0 N–H and O–H groups in total. The third-order valence-electron chi connectivity index (χ3n) is 9.79. The lowest BCUT2D eigenvalue weighted by atomic mass is 9.94. The summed E-state index contributed by atoms with van der Waals surface area (Å²) in [6.45, 7) is 0. The fraction of sp³-hybridized carbons (Fsp3) is 0. The van der Waals surface area contributed by atoms with E-state index in [1.807, 2.05) is 12.1 Å². The van der Waals surface area contributed by atoms with Gasteiger partial charge in [-0.25, -0.2) is 0 Å². The molecule has 0 radical (unpaired) electrons. The minimum absolute atomic E-state index is 0.905. The molecule has 1 heterocycles. The molecular formula is C46H29NO. The van der Waals surface area contributed by atoms with Crippen LogP contribution in [0, 0.1) is 0 Å². The standard InChI is InChI=1S/C46H29NO/c1-2-11-30(12-3-1)31-23-25-35(26-24-31)47(42-19-10-14-33-28-45-41(29-40(33)42)38-17-8-9-20-44(38)48-45)43-27-34-22-21-32-13-4-5-15-36(32)46(34)39-18-7-6-16-37(39)43/h1-29H. The van der Waals surface area contributed by atoms with E-state index >= 15 is 0 Å². The van der Waals surface area contributed by atoms with Crippen molar-refractivity contribution < 1.29 is 4.42 Å². The topological polar surface area (TPSA) is 16.4 Å². The molecule has 0 amide bonds. The van der Waals surface area contributed by atoms with Gasteiger partial charge in [-0.05, 0) is 85.9 Å². The van der Waals surface area contributed by atoms with Gasteiger partial charge >= 0.3 is 0 Å². The molecule has 0 fully saturated rings. The third-order valence-corrected chi connectivity index (χ3v) is 9.79. The second-order valence-corrected chi connectivity index (χ2v) is 12.5. The van der Waals surface area contributed by atoms with Gasteiger partial charge in [0.05, 0.1) is 11.4 Å². The molecule has 10 aromatic rings. The van der Waals surface area contributed by atoms with Gasteiger partial charge in [0.2, 0.25) is 0 Å². The van der Waals surface area contributed by atoms with Gasteiger partial charge in [0.1, 0.15) is 11.2 Å². The minimum Gasteiger partial charge on any atom is -0.456 e. The fourth-order valence-electron chi connectivity index (χ4n) is 7.56. The van der Waals surface area contributed by atoms with Crippen molar-refractivity contribution in [2.45, 2.75) is 0 Å². The van der Waals surface area contributed by atoms with Crippen molar-refractivity contribution in [2.75, 3.05) is 4.90 Å². The number of fused-ring (bicyclic) bond motifs is 9. The summed E-state index contributed by atoms with van der Waals surface area (Å²) >= 11 is 0. The zero-order chi connectivity index (χ0) is 31.6. The predicted octanol–water partition coefficient (Wildman–Crippen LogP) is 13.3. The van der Waals surface area contributed by atoms with E-state index in [4.69, 9.17) is 4.42 Å². The second-order valence-electron chi connectivity index (χ2n) is 12.5. The van der Waals surface area contributed by atoms with Crippen molar-refractivity contribution in [3.05, 3.63) is 176 Å². The monoisotopic (exact) mass is 611 g/mol. The van der Waals surface area contributed by atoms with E-state index in [1.165, 1.54) is 48.8 Å². The van der Waals surface area contributed by atoms with Crippen molar-refractivity contribution in [3.8, 4) is 11.1 Å². The molecule has 0 saturated carbocycles. The Kier molecular flexibility index (Phi) is 5.91. The lowest BCUT2D eigenvalue weighted by molar-refractivity contribution is 0.669. The average Bonchev–Trinajstić information content (AvgIpc) is 3.52. The Balaban J connectivity index is 1.29. The molecule has 2 heteroatoms. The molecule has 224 valence electrons. The first-order chi connectivity index (χ1) is 23.8. The van der Waals surface area contributed by atoms with Crippen LogP contribution in [0.5, 0.6) is 0 Å². The normalized spacial score (nSPS) is 11.8. The first-order valence-corrected chi connectivity index (χ1v) is 16.4. The number of benzene rings is 9. The number of anilines is 3. The van der Waals surface area contributed by atoms with Crippen LogP contribution in [0.25, 0.3) is 76.2 Å². The van der Waals surface area contributed by atoms with Gasteiger partial charge in [0.15, 0.2) is 0 Å². The summed E-state index contributed by atoms with van der Waals surface area (Å²) in [5.74, 6) is 0. The summed E-state index contributed by atoms with van der Waals surface area (Å²) in [5, 5.41) is 12.1. The van der Waals surface area contributed by atoms with Gasteiger partial charge in [-0.1, -0.05) is 133 Å². The molecule has 2 nitrogen and oxygen atoms in total. The summed E-state index contributed by atoms with van der Waals surface area (Å²) in [7, 11) is 0. The van der Waals surface area contributed by atoms with E-state index in [0.29, 0.717) is 0 Å². The van der Waals surface area contributed by atoms with E-state index in [1.54, 1.807) is 0 Å². The van der Waals surface area contributed by atoms with Crippen molar-refractivity contribution in [1.29, 1.82) is 0 Å². The van der Waals surface area contributed by atoms with E-state index in [0.717, 1.165) is 44.4 Å². The van der Waals surface area contributed by atoms with Crippen LogP contribution in [0.2, 0.25) is 0 Å². The smallest absolute Gasteiger partial charge is 0.136 e. The number of para-hydroxylation sites is 1. The molecule has 0 bridgehead atoms. The Bertz CT molecular complexity index is 2830. The van der Waals surface area contributed by atoms with Crippen LogP contribution in [-0.2, 0) is 0 Å². The Morgan fingerprint density at radius 2 is 1.00 bits per heavy atom. The summed E-state index contributed by atoms with van der Waals surface area (Å²) in [6, 6.07) is 63.4. The SMILES string of the molecule is c1ccc(-c2ccc(N(c3cccc4cc5oc6ccccc6c5cc34)c3cc4ccc5ccccc5c4c4ccccc34)cc2)cc1. The van der Waals surface area contributed by atoms with Gasteiger partial charge < -0.3 is 9.32 Å². The maximum absolute atomic E-state index is 6.31. The lowest BCUT2D eigenvalue weighted by Crippen LogP contribution is -2.11. The maximum Gasteiger partial charge on any atom is 0.136 e. The molecule has 1 aromatic heterocycles. The van der Waals surface area contributed by atoms with Gasteiger partial charge in [0, 0.05) is 27.2 Å². The number of hydrogen-bond acceptors (Lipinski definition) is 2. The van der Waals surface area contributed by atoms with Crippen LogP contribution in [0.4, 0.5) is 17.1 Å². The van der Waals surface area contributed by atoms with E-state index in [-0.39, 0.29) is 0 Å². The van der Waals surface area contributed by atoms with Gasteiger partial charge in [-0.15, -0.1) is 0 Å². The molecule has 10 rings (SSSR count). The number of furan rings is 1. The molecule has 0 atom stereocenters. The summed E-state index contributed by atoms with van der Waals surface area (Å²) < 4.78 is 6.31. The molecule has 0 spiro atoms. The van der Waals surface area contributed by atoms with Crippen LogP contribution in [0.1, 0.15) is 0 Å². The Hall–Kier alpha value is -6.38. The highest BCUT2D eigenvalue weighted by molar-refractivity contribution is 6.24. The molecule has 0 aliphatic heterocycles. The molecular weight excluding hydrogens is 583 g/mol. The van der Waals surface area contributed by atoms with Crippen LogP contribution < -0.4 is 4.90 Å². The third kappa shape index (κ3) is 4.13. The highest BCUT2D eigenvalue weighted by Gasteiger charge is 2.21. The summed E-state index contributed by atoms with van der Waals surface area (Å²) in [4.78, 5) is 2.45. The lowest BCUT2D eigenvalue weighted by Gasteiger charge is -2.29. The molecule has 0 saturated heterocycles. The first-order valence-electron chi connectivity index (χ1n) is 16.4. The predicted molar refractivity (Wildman–Crippen MR) is 204 cm³/mol. The Labute approximate surface area is 277 Å². The molecule has 0 unspecified atom stereocenters. The highest BCUT2D eigenvalue weighted by Crippen LogP contribution is 2.46. The van der Waals surface area contributed by atoms with Crippen molar-refractivity contribution >= 4 is 82.1 Å². The number of nitrogens with zero attached hydrogens (tertiary/aromatic N) is 1. The largest absolute Gasteiger partial charge is 0.456 e. The molecule has 0 aliphatic rings. The van der Waals surface area contributed by atoms with Crippen LogP contribution >= 0.6 is 0 Å². The number of rotatable bonds is 4. The fourth-order valence-corrected chi connectivity index (χ4v) is 7.56. The van der Waals surface area contributed by atoms with Crippen molar-refractivity contribution in [3.63, 3.8) is 0 Å². The first kappa shape index (κ1) is 26.8. The van der Waals surface area contributed by atoms with E-state index in [9.17, 15) is 0 Å². The summed E-state index contributed by atoms with van der Waals surface area (Å²) in [5.41, 5.74) is 7.58. The quantitative estimate of drug-likeness (QED) is 0.184. The van der Waals surface area contributed by atoms with E-state index in [2.05, 4.69) is 169 Å². The van der Waals surface area contributed by atoms with Crippen LogP contribution in [0.3, 0.4) is 0 Å². The molecule has 48 heavy (non-hydrogen) atoms. The second kappa shape index (κ2) is 10.6. The van der Waals surface area contributed by atoms with Gasteiger partial charge in [-0.2, -0.15) is 0 Å². The molecule has 9 aromatic carbocycles. The van der Waals surface area contributed by atoms with E-state index < -0.39 is 0 Å². The zero-order valence-electron chi connectivity index (χ0n) is 26.1. The van der Waals surface area contributed by atoms with Crippen molar-refractivity contribution in [1.82, 2.24) is 0 Å². The minimum atomic E-state index is 0.905. The molecule has 0 aliphatic carbocycles. The zero-order valence-corrected chi connectivity index (χ0v) is 26.1. The highest BCUT2D eigenvalue weighted by atomic mass is 16.3. The van der Waals surface area contributed by atoms with Crippen LogP contribution in [-0.4, -0.2) is 0 Å². The number of hydrogen-bond donors (Lipinski definition) is 0.